The van der Waals surface area contributed by atoms with Crippen molar-refractivity contribution in [2.24, 2.45) is 0 Å². The number of benzene rings is 3. The van der Waals surface area contributed by atoms with Crippen LogP contribution in [0.3, 0.4) is 0 Å². The zero-order chi connectivity index (χ0) is 24.6. The summed E-state index contributed by atoms with van der Waals surface area (Å²) in [5, 5.41) is 0. The van der Waals surface area contributed by atoms with Crippen molar-refractivity contribution >= 4 is 17.9 Å². The Morgan fingerprint density at radius 1 is 0.882 bits per heavy atom. The maximum absolute atomic E-state index is 14.8. The first-order valence-corrected chi connectivity index (χ1v) is 10.6. The molecule has 0 saturated heterocycles. The molecule has 0 N–H and O–H groups in total. The molecule has 1 heterocycles. The Morgan fingerprint density at radius 3 is 2.00 bits per heavy atom. The third-order valence-corrected chi connectivity index (χ3v) is 5.72. The minimum absolute atomic E-state index is 0.0911. The van der Waals surface area contributed by atoms with Gasteiger partial charge in [0, 0.05) is 5.56 Å². The van der Waals surface area contributed by atoms with Crippen LogP contribution in [0.5, 0.6) is 0 Å². The fourth-order valence-corrected chi connectivity index (χ4v) is 4.15. The summed E-state index contributed by atoms with van der Waals surface area (Å²) in [6, 6.07) is 15.0. The lowest BCUT2D eigenvalue weighted by Crippen LogP contribution is -2.29. The standard InChI is InChI=1S/C27H21F4NO2/c1-16-11-17(2)13-20(12-16)23(27(29,30)31)10-8-18-7-9-19(24(28)14-18)15-32-25(33)21-5-3-4-6-22(21)26(32)34/h3-14,23H,15H2,1-2H3/b10-8+. The number of allylic oxidation sites excluding steroid dienone is 1. The van der Waals surface area contributed by atoms with Gasteiger partial charge in [-0.2, -0.15) is 13.2 Å². The highest BCUT2D eigenvalue weighted by atomic mass is 19.4. The second-order valence-corrected chi connectivity index (χ2v) is 8.39. The molecule has 0 aromatic heterocycles. The van der Waals surface area contributed by atoms with E-state index in [1.807, 2.05) is 0 Å². The number of halogens is 4. The highest BCUT2D eigenvalue weighted by Crippen LogP contribution is 2.37. The van der Waals surface area contributed by atoms with E-state index in [2.05, 4.69) is 0 Å². The van der Waals surface area contributed by atoms with E-state index in [1.54, 1.807) is 32.0 Å². The molecular weight excluding hydrogens is 446 g/mol. The normalized spacial score (nSPS) is 14.7. The van der Waals surface area contributed by atoms with E-state index in [-0.39, 0.29) is 34.4 Å². The minimum Gasteiger partial charge on any atom is -0.270 e. The van der Waals surface area contributed by atoms with E-state index >= 15 is 0 Å². The molecule has 1 atom stereocenters. The van der Waals surface area contributed by atoms with Crippen LogP contribution in [0.2, 0.25) is 0 Å². The minimum atomic E-state index is -4.51. The van der Waals surface area contributed by atoms with E-state index in [1.165, 1.54) is 42.5 Å². The van der Waals surface area contributed by atoms with E-state index in [0.29, 0.717) is 0 Å². The molecule has 4 rings (SSSR count). The van der Waals surface area contributed by atoms with Crippen molar-refractivity contribution in [3.05, 3.63) is 112 Å². The van der Waals surface area contributed by atoms with Gasteiger partial charge in [-0.25, -0.2) is 4.39 Å². The summed E-state index contributed by atoms with van der Waals surface area (Å²) in [5.74, 6) is -3.57. The number of fused-ring (bicyclic) bond motifs is 1. The van der Waals surface area contributed by atoms with Crippen LogP contribution in [0.25, 0.3) is 6.08 Å². The van der Waals surface area contributed by atoms with Crippen LogP contribution >= 0.6 is 0 Å². The van der Waals surface area contributed by atoms with Crippen molar-refractivity contribution in [2.75, 3.05) is 0 Å². The number of carbonyl (C=O) groups is 2. The quantitative estimate of drug-likeness (QED) is 0.313. The van der Waals surface area contributed by atoms with E-state index in [4.69, 9.17) is 0 Å². The largest absolute Gasteiger partial charge is 0.399 e. The molecule has 1 aliphatic heterocycles. The van der Waals surface area contributed by atoms with Gasteiger partial charge in [-0.15, -0.1) is 0 Å². The Labute approximate surface area is 194 Å². The van der Waals surface area contributed by atoms with Gasteiger partial charge in [-0.1, -0.05) is 65.7 Å². The number of carbonyl (C=O) groups excluding carboxylic acids is 2. The zero-order valence-corrected chi connectivity index (χ0v) is 18.5. The van der Waals surface area contributed by atoms with Gasteiger partial charge in [0.2, 0.25) is 0 Å². The third-order valence-electron chi connectivity index (χ3n) is 5.72. The molecule has 0 radical (unpaired) electrons. The molecule has 0 saturated carbocycles. The molecule has 0 bridgehead atoms. The molecule has 1 unspecified atom stereocenters. The van der Waals surface area contributed by atoms with Gasteiger partial charge in [0.25, 0.3) is 11.8 Å². The number of aryl methyl sites for hydroxylation is 2. The Bertz CT molecular complexity index is 1250. The second kappa shape index (κ2) is 8.89. The maximum Gasteiger partial charge on any atom is 0.399 e. The number of nitrogens with zero attached hydrogens (tertiary/aromatic N) is 1. The monoisotopic (exact) mass is 467 g/mol. The van der Waals surface area contributed by atoms with Crippen molar-refractivity contribution in [1.29, 1.82) is 0 Å². The average Bonchev–Trinajstić information content (AvgIpc) is 2.99. The SMILES string of the molecule is Cc1cc(C)cc(C(/C=C/c2ccc(CN3C(=O)c4ccccc4C3=O)c(F)c2)C(F)(F)F)c1. The van der Waals surface area contributed by atoms with Gasteiger partial charge in [-0.3, -0.25) is 14.5 Å². The predicted octanol–water partition coefficient (Wildman–Crippen LogP) is 6.60. The Hall–Kier alpha value is -3.74. The van der Waals surface area contributed by atoms with Crippen LogP contribution in [0.4, 0.5) is 17.6 Å². The first-order chi connectivity index (χ1) is 16.0. The van der Waals surface area contributed by atoms with Crippen LogP contribution in [-0.4, -0.2) is 22.9 Å². The summed E-state index contributed by atoms with van der Waals surface area (Å²) in [7, 11) is 0. The fourth-order valence-electron chi connectivity index (χ4n) is 4.15. The van der Waals surface area contributed by atoms with Crippen LogP contribution in [-0.2, 0) is 6.54 Å². The van der Waals surface area contributed by atoms with Crippen molar-refractivity contribution in [3.63, 3.8) is 0 Å². The van der Waals surface area contributed by atoms with Crippen molar-refractivity contribution in [1.82, 2.24) is 4.90 Å². The maximum atomic E-state index is 14.8. The zero-order valence-electron chi connectivity index (χ0n) is 18.5. The number of hydrogen-bond acceptors (Lipinski definition) is 2. The number of alkyl halides is 3. The van der Waals surface area contributed by atoms with Crippen LogP contribution in [0.15, 0.2) is 66.7 Å². The summed E-state index contributed by atoms with van der Waals surface area (Å²) in [5.41, 5.74) is 2.41. The lowest BCUT2D eigenvalue weighted by Gasteiger charge is -2.18. The van der Waals surface area contributed by atoms with E-state index in [9.17, 15) is 27.2 Å². The fraction of sp³-hybridized carbons (Fsp3) is 0.185. The van der Waals surface area contributed by atoms with Crippen LogP contribution in [0.1, 0.15) is 54.5 Å². The van der Waals surface area contributed by atoms with Gasteiger partial charge in [0.05, 0.1) is 23.6 Å². The molecule has 0 aliphatic carbocycles. The Balaban J connectivity index is 1.56. The van der Waals surface area contributed by atoms with Gasteiger partial charge >= 0.3 is 6.18 Å². The smallest absolute Gasteiger partial charge is 0.270 e. The summed E-state index contributed by atoms with van der Waals surface area (Å²) >= 11 is 0. The summed E-state index contributed by atoms with van der Waals surface area (Å²) in [6.45, 7) is 3.20. The third kappa shape index (κ3) is 4.64. The van der Waals surface area contributed by atoms with Gasteiger partial charge in [-0.05, 0) is 43.2 Å². The molecule has 0 spiro atoms. The highest BCUT2D eigenvalue weighted by Gasteiger charge is 2.39. The molecule has 0 fully saturated rings. The lowest BCUT2D eigenvalue weighted by atomic mass is 9.94. The van der Waals surface area contributed by atoms with Gasteiger partial charge in [0.15, 0.2) is 0 Å². The average molecular weight is 467 g/mol. The molecule has 34 heavy (non-hydrogen) atoms. The summed E-state index contributed by atoms with van der Waals surface area (Å²) in [6.07, 6.45) is -2.28. The lowest BCUT2D eigenvalue weighted by molar-refractivity contribution is -0.139. The van der Waals surface area contributed by atoms with Crippen LogP contribution in [0, 0.1) is 19.7 Å². The molecule has 2 amide bonds. The molecule has 174 valence electrons. The van der Waals surface area contributed by atoms with Gasteiger partial charge in [0.1, 0.15) is 5.82 Å². The van der Waals surface area contributed by atoms with Gasteiger partial charge < -0.3 is 0 Å². The van der Waals surface area contributed by atoms with Crippen molar-refractivity contribution in [3.8, 4) is 0 Å². The Morgan fingerprint density at radius 2 is 1.47 bits per heavy atom. The predicted molar refractivity (Wildman–Crippen MR) is 121 cm³/mol. The van der Waals surface area contributed by atoms with E-state index in [0.717, 1.165) is 28.2 Å². The number of rotatable bonds is 5. The highest BCUT2D eigenvalue weighted by molar-refractivity contribution is 6.21. The van der Waals surface area contributed by atoms with Crippen LogP contribution < -0.4 is 0 Å². The molecule has 3 nitrogen and oxygen atoms in total. The molecular formula is C27H21F4NO2. The topological polar surface area (TPSA) is 37.4 Å². The number of hydrogen-bond donors (Lipinski definition) is 0. The first-order valence-electron chi connectivity index (χ1n) is 10.6. The molecule has 3 aromatic rings. The van der Waals surface area contributed by atoms with E-state index < -0.39 is 29.7 Å². The van der Waals surface area contributed by atoms with Crippen molar-refractivity contribution in [2.45, 2.75) is 32.5 Å². The summed E-state index contributed by atoms with van der Waals surface area (Å²) in [4.78, 5) is 26.0. The molecule has 7 heteroatoms. The second-order valence-electron chi connectivity index (χ2n) is 8.39. The van der Waals surface area contributed by atoms with Crippen molar-refractivity contribution < 1.29 is 27.2 Å². The Kier molecular flexibility index (Phi) is 6.13. The molecule has 1 aliphatic rings. The summed E-state index contributed by atoms with van der Waals surface area (Å²) < 4.78 is 56.0. The number of imide groups is 1. The number of amides is 2. The first kappa shape index (κ1) is 23.4. The molecule has 3 aromatic carbocycles.